The van der Waals surface area contributed by atoms with E-state index >= 15 is 0 Å². The van der Waals surface area contributed by atoms with Gasteiger partial charge in [-0.25, -0.2) is 9.10 Å². The number of rotatable bonds is 5. The van der Waals surface area contributed by atoms with Crippen LogP contribution in [0.1, 0.15) is 6.92 Å². The fraction of sp³-hybridized carbons (Fsp3) is 0.778. The lowest BCUT2D eigenvalue weighted by Crippen LogP contribution is -2.27. The number of nitrogens with zero attached hydrogens (tertiary/aromatic N) is 2. The van der Waals surface area contributed by atoms with Gasteiger partial charge in [0.15, 0.2) is 0 Å². The highest BCUT2D eigenvalue weighted by molar-refractivity contribution is 8.24. The van der Waals surface area contributed by atoms with Crippen LogP contribution in [0.5, 0.6) is 0 Å². The number of hydrogen-bond donors (Lipinski definition) is 0. The third kappa shape index (κ3) is 7.47. The molecule has 0 heterocycles. The Balaban J connectivity index is 4.78. The quantitative estimate of drug-likeness (QED) is 0.117. The van der Waals surface area contributed by atoms with Gasteiger partial charge in [0.25, 0.3) is 3.12 Å². The Kier molecular flexibility index (Phi) is 9.94. The topological polar surface area (TPSA) is 41.9 Å². The van der Waals surface area contributed by atoms with Gasteiger partial charge in [-0.15, -0.1) is 35.3 Å². The average molecular weight is 418 g/mol. The smallest absolute Gasteiger partial charge is 0.296 e. The highest BCUT2D eigenvalue weighted by Crippen LogP contribution is 2.41. The third-order valence-electron chi connectivity index (χ3n) is 2.07. The van der Waals surface area contributed by atoms with Crippen molar-refractivity contribution in [3.8, 4) is 0 Å². The molecule has 0 aliphatic heterocycles. The summed E-state index contributed by atoms with van der Waals surface area (Å²) in [6, 6.07) is 0. The molecule has 0 spiro atoms. The van der Waals surface area contributed by atoms with Crippen LogP contribution in [0.3, 0.4) is 0 Å². The van der Waals surface area contributed by atoms with Gasteiger partial charge in [-0.2, -0.15) is 0 Å². The number of halogens is 3. The van der Waals surface area contributed by atoms with Crippen LogP contribution in [0.25, 0.3) is 0 Å². The Morgan fingerprint density at radius 3 is 2.05 bits per heavy atom. The number of carbonyl (C=O) groups is 1. The van der Waals surface area contributed by atoms with Crippen LogP contribution in [-0.4, -0.2) is 48.5 Å². The van der Waals surface area contributed by atoms with Crippen LogP contribution >= 0.6 is 82.0 Å². The van der Waals surface area contributed by atoms with Crippen molar-refractivity contribution >= 4 is 93.2 Å². The summed E-state index contributed by atoms with van der Waals surface area (Å²) in [7, 11) is 1.44. The predicted octanol–water partition coefficient (Wildman–Crippen LogP) is 5.15. The van der Waals surface area contributed by atoms with Crippen molar-refractivity contribution in [3.63, 3.8) is 0 Å². The second kappa shape index (κ2) is 9.37. The van der Waals surface area contributed by atoms with Gasteiger partial charge < -0.3 is 0 Å². The molecule has 0 aliphatic rings. The molecule has 0 aromatic heterocycles. The molecule has 0 aromatic carbocycles. The first kappa shape index (κ1) is 21.2. The molecular weight excluding hydrogens is 403 g/mol. The van der Waals surface area contributed by atoms with Gasteiger partial charge in [-0.3, -0.25) is 4.84 Å². The highest BCUT2D eigenvalue weighted by atomic mass is 35.6. The molecule has 0 rings (SSSR count). The van der Waals surface area contributed by atoms with Crippen LogP contribution in [0, 0.1) is 0 Å². The lowest BCUT2D eigenvalue weighted by molar-refractivity contribution is 0.137. The molecule has 1 amide bonds. The number of alkyl halides is 3. The Labute approximate surface area is 151 Å². The Morgan fingerprint density at radius 2 is 1.70 bits per heavy atom. The van der Waals surface area contributed by atoms with E-state index in [2.05, 4.69) is 5.16 Å². The maximum Gasteiger partial charge on any atom is 0.445 e. The van der Waals surface area contributed by atoms with Gasteiger partial charge >= 0.3 is 6.09 Å². The first-order chi connectivity index (χ1) is 9.09. The van der Waals surface area contributed by atoms with E-state index in [-0.39, 0.29) is 4.08 Å². The Morgan fingerprint density at radius 1 is 1.20 bits per heavy atom. The minimum Gasteiger partial charge on any atom is -0.296 e. The normalized spacial score (nSPS) is 13.3. The number of oxime groups is 1. The van der Waals surface area contributed by atoms with E-state index in [0.717, 1.165) is 4.31 Å². The largest absolute Gasteiger partial charge is 0.445 e. The predicted molar refractivity (Wildman–Crippen MR) is 98.5 cm³/mol. The van der Waals surface area contributed by atoms with E-state index in [1.54, 1.807) is 23.5 Å². The summed E-state index contributed by atoms with van der Waals surface area (Å²) < 4.78 is -0.836. The zero-order valence-electron chi connectivity index (χ0n) is 11.5. The van der Waals surface area contributed by atoms with Crippen molar-refractivity contribution < 1.29 is 9.63 Å². The molecule has 118 valence electrons. The number of hydrogen-bond acceptors (Lipinski definition) is 7. The van der Waals surface area contributed by atoms with E-state index < -0.39 is 9.22 Å². The standard InChI is InChI=1S/C9H15Cl3N2O2S4/c1-8(18-4,19-5)6(17-3)13-16-7(15)14(2)20-9(10,11)12/h1-5H3/b13-6-. The highest BCUT2D eigenvalue weighted by Gasteiger charge is 2.31. The molecule has 0 saturated carbocycles. The third-order valence-corrected chi connectivity index (χ3v) is 7.39. The molecule has 0 atom stereocenters. The van der Waals surface area contributed by atoms with E-state index in [4.69, 9.17) is 39.6 Å². The average Bonchev–Trinajstić information content (AvgIpc) is 2.36. The summed E-state index contributed by atoms with van der Waals surface area (Å²) in [6.07, 6.45) is 5.10. The minimum atomic E-state index is -1.63. The molecule has 0 radical (unpaired) electrons. The second-order valence-electron chi connectivity index (χ2n) is 3.35. The fourth-order valence-electron chi connectivity index (χ4n) is 0.894. The summed E-state index contributed by atoms with van der Waals surface area (Å²) in [5, 5.41) is 4.60. The molecule has 0 aromatic rings. The number of amides is 1. The Hall–Kier alpha value is 1.21. The van der Waals surface area contributed by atoms with Crippen molar-refractivity contribution in [2.24, 2.45) is 5.16 Å². The van der Waals surface area contributed by atoms with E-state index in [1.165, 1.54) is 18.8 Å². The van der Waals surface area contributed by atoms with Crippen LogP contribution in [-0.2, 0) is 4.84 Å². The second-order valence-corrected chi connectivity index (χ2v) is 11.1. The van der Waals surface area contributed by atoms with Crippen molar-refractivity contribution in [2.75, 3.05) is 25.8 Å². The van der Waals surface area contributed by atoms with Gasteiger partial charge in [-0.05, 0) is 25.7 Å². The Bertz CT molecular complexity index is 362. The summed E-state index contributed by atoms with van der Waals surface area (Å²) in [5.74, 6) is 0. The molecule has 0 saturated heterocycles. The molecule has 4 nitrogen and oxygen atoms in total. The van der Waals surface area contributed by atoms with Crippen molar-refractivity contribution in [3.05, 3.63) is 0 Å². The van der Waals surface area contributed by atoms with E-state index in [0.29, 0.717) is 17.0 Å². The minimum absolute atomic E-state index is 0.277. The maximum absolute atomic E-state index is 11.7. The van der Waals surface area contributed by atoms with Gasteiger partial charge in [0.05, 0.1) is 0 Å². The van der Waals surface area contributed by atoms with Gasteiger partial charge in [0, 0.05) is 19.0 Å². The summed E-state index contributed by atoms with van der Waals surface area (Å²) in [6.45, 7) is 2.01. The van der Waals surface area contributed by atoms with Gasteiger partial charge in [0.2, 0.25) is 0 Å². The molecule has 0 N–H and O–H groups in total. The first-order valence-electron chi connectivity index (χ1n) is 5.03. The van der Waals surface area contributed by atoms with Crippen LogP contribution in [0.15, 0.2) is 5.16 Å². The summed E-state index contributed by atoms with van der Waals surface area (Å²) >= 11 is 22.1. The van der Waals surface area contributed by atoms with Crippen molar-refractivity contribution in [1.82, 2.24) is 4.31 Å². The lowest BCUT2D eigenvalue weighted by atomic mass is 10.5. The maximum atomic E-state index is 11.7. The fourth-order valence-corrected chi connectivity index (χ4v) is 4.82. The van der Waals surface area contributed by atoms with Crippen molar-refractivity contribution in [1.29, 1.82) is 0 Å². The van der Waals surface area contributed by atoms with Crippen LogP contribution in [0.2, 0.25) is 0 Å². The molecule has 0 fully saturated rings. The zero-order valence-corrected chi connectivity index (χ0v) is 17.0. The molecule has 0 unspecified atom stereocenters. The zero-order chi connectivity index (χ0) is 16.0. The monoisotopic (exact) mass is 416 g/mol. The van der Waals surface area contributed by atoms with E-state index in [1.807, 2.05) is 25.7 Å². The number of thioether (sulfide) groups is 3. The van der Waals surface area contributed by atoms with E-state index in [9.17, 15) is 4.79 Å². The van der Waals surface area contributed by atoms with Gasteiger partial charge in [0.1, 0.15) is 9.12 Å². The summed E-state index contributed by atoms with van der Waals surface area (Å²) in [4.78, 5) is 16.6. The molecule has 11 heteroatoms. The SMILES string of the molecule is CS/C(=N\OC(=O)N(C)SC(Cl)(Cl)Cl)C(C)(SC)SC. The molecule has 20 heavy (non-hydrogen) atoms. The molecule has 0 aliphatic carbocycles. The molecule has 0 bridgehead atoms. The van der Waals surface area contributed by atoms with Crippen LogP contribution in [0.4, 0.5) is 4.79 Å². The molecular formula is C9H15Cl3N2O2S4. The van der Waals surface area contributed by atoms with Crippen molar-refractivity contribution in [2.45, 2.75) is 14.1 Å². The summed E-state index contributed by atoms with van der Waals surface area (Å²) in [5.41, 5.74) is 0. The number of carbonyl (C=O) groups excluding carboxylic acids is 1. The van der Waals surface area contributed by atoms with Gasteiger partial charge in [-0.1, -0.05) is 40.0 Å². The first-order valence-corrected chi connectivity index (χ1v) is 10.6. The lowest BCUT2D eigenvalue weighted by Gasteiger charge is -2.25. The van der Waals surface area contributed by atoms with Crippen LogP contribution < -0.4 is 0 Å².